The zero-order valence-corrected chi connectivity index (χ0v) is 8.09. The molecule has 82 valence electrons. The molecule has 4 heteroatoms. The second kappa shape index (κ2) is 3.52. The van der Waals surface area contributed by atoms with Gasteiger partial charge in [0.2, 0.25) is 0 Å². The molecule has 1 aliphatic rings. The second-order valence-corrected chi connectivity index (χ2v) is 3.98. The number of hydrogen-bond donors (Lipinski definition) is 1. The first-order valence-electron chi connectivity index (χ1n) is 4.88. The first-order chi connectivity index (χ1) is 6.98. The Morgan fingerprint density at radius 1 is 1.33 bits per heavy atom. The summed E-state index contributed by atoms with van der Waals surface area (Å²) in [5.74, 6) is -0.0159. The van der Waals surface area contributed by atoms with Gasteiger partial charge in [0.1, 0.15) is 6.04 Å². The molecule has 0 bridgehead atoms. The second-order valence-electron chi connectivity index (χ2n) is 3.98. The van der Waals surface area contributed by atoms with Gasteiger partial charge >= 0.3 is 6.18 Å². The molecule has 0 heterocycles. The van der Waals surface area contributed by atoms with E-state index in [-0.39, 0.29) is 12.3 Å². The lowest BCUT2D eigenvalue weighted by Crippen LogP contribution is -2.40. The van der Waals surface area contributed by atoms with Crippen molar-refractivity contribution in [1.82, 2.24) is 0 Å². The molecule has 1 aromatic rings. The average Bonchev–Trinajstić information content (AvgIpc) is 2.12. The van der Waals surface area contributed by atoms with Crippen LogP contribution in [0.2, 0.25) is 0 Å². The maximum atomic E-state index is 12.2. The quantitative estimate of drug-likeness (QED) is 0.806. The molecule has 0 saturated heterocycles. The maximum Gasteiger partial charge on any atom is 0.403 e. The number of fused-ring (bicyclic) bond motifs is 1. The van der Waals surface area contributed by atoms with Crippen molar-refractivity contribution in [3.05, 3.63) is 35.4 Å². The third-order valence-corrected chi connectivity index (χ3v) is 2.92. The van der Waals surface area contributed by atoms with Gasteiger partial charge < -0.3 is 5.73 Å². The van der Waals surface area contributed by atoms with Gasteiger partial charge in [0.05, 0.1) is 0 Å². The summed E-state index contributed by atoms with van der Waals surface area (Å²) < 4.78 is 36.7. The maximum absolute atomic E-state index is 12.2. The molecule has 1 aliphatic carbocycles. The van der Waals surface area contributed by atoms with Crippen molar-refractivity contribution in [2.24, 2.45) is 5.73 Å². The smallest absolute Gasteiger partial charge is 0.320 e. The van der Waals surface area contributed by atoms with Crippen molar-refractivity contribution in [3.63, 3.8) is 0 Å². The molecule has 0 radical (unpaired) electrons. The highest BCUT2D eigenvalue weighted by molar-refractivity contribution is 5.39. The topological polar surface area (TPSA) is 26.0 Å². The molecule has 0 aliphatic heterocycles. The molecule has 2 unspecified atom stereocenters. The van der Waals surface area contributed by atoms with Gasteiger partial charge in [0.25, 0.3) is 0 Å². The van der Waals surface area contributed by atoms with E-state index in [1.807, 2.05) is 24.3 Å². The van der Waals surface area contributed by atoms with Crippen molar-refractivity contribution in [2.75, 3.05) is 0 Å². The lowest BCUT2D eigenvalue weighted by atomic mass is 9.74. The van der Waals surface area contributed by atoms with Gasteiger partial charge in [-0.05, 0) is 29.9 Å². The van der Waals surface area contributed by atoms with Gasteiger partial charge in [-0.3, -0.25) is 0 Å². The third kappa shape index (κ3) is 2.00. The van der Waals surface area contributed by atoms with E-state index in [9.17, 15) is 13.2 Å². The van der Waals surface area contributed by atoms with Gasteiger partial charge in [-0.15, -0.1) is 0 Å². The van der Waals surface area contributed by atoms with Crippen molar-refractivity contribution in [3.8, 4) is 0 Å². The minimum absolute atomic E-state index is 0.000509. The summed E-state index contributed by atoms with van der Waals surface area (Å²) in [4.78, 5) is 0. The first kappa shape index (κ1) is 10.5. The van der Waals surface area contributed by atoms with Crippen molar-refractivity contribution >= 4 is 0 Å². The van der Waals surface area contributed by atoms with Gasteiger partial charge in [0, 0.05) is 0 Å². The van der Waals surface area contributed by atoms with Crippen molar-refractivity contribution in [2.45, 2.75) is 31.0 Å². The molecule has 0 fully saturated rings. The summed E-state index contributed by atoms with van der Waals surface area (Å²) in [6.45, 7) is 0. The van der Waals surface area contributed by atoms with Crippen LogP contribution in [0.4, 0.5) is 13.2 Å². The fourth-order valence-electron chi connectivity index (χ4n) is 2.01. The Bertz CT molecular complexity index is 359. The molecule has 0 aromatic heterocycles. The van der Waals surface area contributed by atoms with E-state index in [0.717, 1.165) is 17.5 Å². The number of rotatable bonds is 2. The van der Waals surface area contributed by atoms with E-state index in [1.54, 1.807) is 0 Å². The Morgan fingerprint density at radius 2 is 2.00 bits per heavy atom. The highest BCUT2D eigenvalue weighted by Crippen LogP contribution is 2.39. The number of nitrogens with two attached hydrogens (primary N) is 1. The van der Waals surface area contributed by atoms with Gasteiger partial charge in [-0.2, -0.15) is 13.2 Å². The monoisotopic (exact) mass is 215 g/mol. The minimum Gasteiger partial charge on any atom is -0.320 e. The Hall–Kier alpha value is -1.03. The predicted molar refractivity (Wildman–Crippen MR) is 51.5 cm³/mol. The van der Waals surface area contributed by atoms with Gasteiger partial charge in [-0.25, -0.2) is 0 Å². The van der Waals surface area contributed by atoms with E-state index in [2.05, 4.69) is 0 Å². The van der Waals surface area contributed by atoms with Gasteiger partial charge in [-0.1, -0.05) is 24.3 Å². The minimum atomic E-state index is -4.27. The summed E-state index contributed by atoms with van der Waals surface area (Å²) >= 11 is 0. The first-order valence-corrected chi connectivity index (χ1v) is 4.88. The summed E-state index contributed by atoms with van der Waals surface area (Å²) in [7, 11) is 0. The van der Waals surface area contributed by atoms with Crippen LogP contribution in [0.3, 0.4) is 0 Å². The Kier molecular flexibility index (Phi) is 2.46. The summed E-state index contributed by atoms with van der Waals surface area (Å²) in [6.07, 6.45) is -3.55. The zero-order valence-electron chi connectivity index (χ0n) is 8.09. The van der Waals surface area contributed by atoms with E-state index < -0.39 is 12.2 Å². The average molecular weight is 215 g/mol. The van der Waals surface area contributed by atoms with E-state index in [1.165, 1.54) is 0 Å². The summed E-state index contributed by atoms with van der Waals surface area (Å²) in [6, 6.07) is 5.89. The van der Waals surface area contributed by atoms with E-state index in [0.29, 0.717) is 0 Å². The molecule has 1 nitrogen and oxygen atoms in total. The van der Waals surface area contributed by atoms with E-state index in [4.69, 9.17) is 5.73 Å². The van der Waals surface area contributed by atoms with Crippen LogP contribution in [0.15, 0.2) is 24.3 Å². The largest absolute Gasteiger partial charge is 0.403 e. The van der Waals surface area contributed by atoms with Crippen LogP contribution < -0.4 is 5.73 Å². The summed E-state index contributed by atoms with van der Waals surface area (Å²) in [5, 5.41) is 0. The normalized spacial score (nSPS) is 21.7. The number of hydrogen-bond acceptors (Lipinski definition) is 1. The molecule has 0 amide bonds. The van der Waals surface area contributed by atoms with Crippen LogP contribution in [0, 0.1) is 0 Å². The Morgan fingerprint density at radius 3 is 2.60 bits per heavy atom. The SMILES string of the molecule is NC(CC1Cc2ccccc21)C(F)(F)F. The van der Waals surface area contributed by atoms with Crippen LogP contribution in [0.5, 0.6) is 0 Å². The predicted octanol–water partition coefficient (Wildman–Crippen LogP) is 2.61. The standard InChI is InChI=1S/C11H12F3N/c12-11(13,14)10(15)6-8-5-7-3-1-2-4-9(7)8/h1-4,8,10H,5-6,15H2. The van der Waals surface area contributed by atoms with Gasteiger partial charge in [0.15, 0.2) is 0 Å². The summed E-state index contributed by atoms with van der Waals surface area (Å²) in [5.41, 5.74) is 7.27. The van der Waals surface area contributed by atoms with Crippen LogP contribution in [-0.4, -0.2) is 12.2 Å². The molecular weight excluding hydrogens is 203 g/mol. The zero-order chi connectivity index (χ0) is 11.1. The van der Waals surface area contributed by atoms with Crippen LogP contribution in [0.1, 0.15) is 23.5 Å². The molecule has 0 saturated carbocycles. The molecule has 2 N–H and O–H groups in total. The Labute approximate surface area is 86.1 Å². The Balaban J connectivity index is 2.01. The molecular formula is C11H12F3N. The lowest BCUT2D eigenvalue weighted by molar-refractivity contribution is -0.150. The highest BCUT2D eigenvalue weighted by Gasteiger charge is 2.40. The third-order valence-electron chi connectivity index (χ3n) is 2.92. The van der Waals surface area contributed by atoms with E-state index >= 15 is 0 Å². The molecule has 2 rings (SSSR count). The van der Waals surface area contributed by atoms with Crippen LogP contribution in [-0.2, 0) is 6.42 Å². The highest BCUT2D eigenvalue weighted by atomic mass is 19.4. The number of halogens is 3. The fourth-order valence-corrected chi connectivity index (χ4v) is 2.01. The number of alkyl halides is 3. The van der Waals surface area contributed by atoms with Crippen LogP contribution in [0.25, 0.3) is 0 Å². The van der Waals surface area contributed by atoms with Crippen molar-refractivity contribution < 1.29 is 13.2 Å². The van der Waals surface area contributed by atoms with Crippen LogP contribution >= 0.6 is 0 Å². The lowest BCUT2D eigenvalue weighted by Gasteiger charge is -2.32. The molecule has 0 spiro atoms. The molecule has 2 atom stereocenters. The molecule has 15 heavy (non-hydrogen) atoms. The van der Waals surface area contributed by atoms with Crippen molar-refractivity contribution in [1.29, 1.82) is 0 Å². The fraction of sp³-hybridized carbons (Fsp3) is 0.455. The molecule has 1 aromatic carbocycles. The number of benzene rings is 1.